The number of rotatable bonds is 5. The van der Waals surface area contributed by atoms with Gasteiger partial charge in [-0.2, -0.15) is 5.10 Å². The predicted molar refractivity (Wildman–Crippen MR) is 123 cm³/mol. The molecule has 0 radical (unpaired) electrons. The van der Waals surface area contributed by atoms with Gasteiger partial charge in [-0.3, -0.25) is 4.68 Å². The van der Waals surface area contributed by atoms with Crippen molar-refractivity contribution in [3.63, 3.8) is 0 Å². The molecule has 1 N–H and O–H groups in total. The van der Waals surface area contributed by atoms with Crippen LogP contribution in [0.4, 0.5) is 0 Å². The van der Waals surface area contributed by atoms with Crippen molar-refractivity contribution in [2.24, 2.45) is 12.0 Å². The minimum absolute atomic E-state index is 0. The standard InChI is InChI=1S/C19H30N6S.HI/c1-6-20-19(21-10-17-23-18(13(2)3)14(4)26-17)25-8-7-15(12-25)16-9-22-24(5)11-16;/h9,11,13,15H,6-8,10,12H2,1-5H3,(H,20,21);1H. The molecule has 1 unspecified atom stereocenters. The molecule has 1 saturated heterocycles. The van der Waals surface area contributed by atoms with Crippen LogP contribution in [0.25, 0.3) is 0 Å². The molecule has 27 heavy (non-hydrogen) atoms. The fraction of sp³-hybridized carbons (Fsp3) is 0.632. The largest absolute Gasteiger partial charge is 0.357 e. The molecule has 0 spiro atoms. The molecule has 0 aliphatic carbocycles. The van der Waals surface area contributed by atoms with E-state index in [4.69, 9.17) is 9.98 Å². The van der Waals surface area contributed by atoms with Gasteiger partial charge in [0, 0.05) is 43.7 Å². The Balaban J connectivity index is 0.00000261. The van der Waals surface area contributed by atoms with Crippen molar-refractivity contribution in [1.29, 1.82) is 0 Å². The van der Waals surface area contributed by atoms with Gasteiger partial charge in [0.25, 0.3) is 0 Å². The molecule has 150 valence electrons. The first-order chi connectivity index (χ1) is 12.5. The Morgan fingerprint density at radius 1 is 1.44 bits per heavy atom. The van der Waals surface area contributed by atoms with Gasteiger partial charge in [-0.15, -0.1) is 35.3 Å². The van der Waals surface area contributed by atoms with E-state index in [2.05, 4.69) is 49.2 Å². The van der Waals surface area contributed by atoms with Crippen LogP contribution in [0.15, 0.2) is 17.4 Å². The van der Waals surface area contributed by atoms with Crippen molar-refractivity contribution in [1.82, 2.24) is 25.0 Å². The molecule has 0 bridgehead atoms. The Morgan fingerprint density at radius 2 is 2.22 bits per heavy atom. The zero-order valence-electron chi connectivity index (χ0n) is 16.9. The Kier molecular flexibility index (Phi) is 8.08. The lowest BCUT2D eigenvalue weighted by Gasteiger charge is -2.21. The number of aryl methyl sites for hydroxylation is 2. The van der Waals surface area contributed by atoms with E-state index in [1.54, 1.807) is 11.3 Å². The molecular weight excluding hydrogens is 471 g/mol. The molecule has 0 saturated carbocycles. The van der Waals surface area contributed by atoms with Gasteiger partial charge < -0.3 is 10.2 Å². The molecule has 3 rings (SSSR count). The number of likely N-dealkylation sites (tertiary alicyclic amines) is 1. The monoisotopic (exact) mass is 502 g/mol. The van der Waals surface area contributed by atoms with Crippen LogP contribution in [-0.2, 0) is 13.6 Å². The molecule has 1 fully saturated rings. The summed E-state index contributed by atoms with van der Waals surface area (Å²) in [6.45, 7) is 12.2. The molecule has 1 atom stereocenters. The first kappa shape index (κ1) is 22.1. The summed E-state index contributed by atoms with van der Waals surface area (Å²) in [5, 5.41) is 8.86. The molecule has 8 heteroatoms. The Labute approximate surface area is 183 Å². The summed E-state index contributed by atoms with van der Waals surface area (Å²) in [5.41, 5.74) is 2.53. The number of hydrogen-bond donors (Lipinski definition) is 1. The van der Waals surface area contributed by atoms with Crippen molar-refractivity contribution in [2.45, 2.75) is 52.5 Å². The van der Waals surface area contributed by atoms with Crippen LogP contribution in [0.2, 0.25) is 0 Å². The van der Waals surface area contributed by atoms with Crippen LogP contribution in [-0.4, -0.2) is 45.3 Å². The third-order valence-corrected chi connectivity index (χ3v) is 5.78. The van der Waals surface area contributed by atoms with Gasteiger partial charge in [0.1, 0.15) is 5.01 Å². The van der Waals surface area contributed by atoms with Gasteiger partial charge in [-0.25, -0.2) is 9.98 Å². The summed E-state index contributed by atoms with van der Waals surface area (Å²) < 4.78 is 1.88. The number of guanidine groups is 1. The highest BCUT2D eigenvalue weighted by molar-refractivity contribution is 14.0. The van der Waals surface area contributed by atoms with E-state index in [1.807, 2.05) is 17.9 Å². The van der Waals surface area contributed by atoms with Crippen molar-refractivity contribution in [2.75, 3.05) is 19.6 Å². The first-order valence-corrected chi connectivity index (χ1v) is 10.3. The topological polar surface area (TPSA) is 58.3 Å². The Morgan fingerprint density at radius 3 is 2.81 bits per heavy atom. The van der Waals surface area contributed by atoms with Gasteiger partial charge in [0.05, 0.1) is 18.4 Å². The smallest absolute Gasteiger partial charge is 0.194 e. The maximum atomic E-state index is 4.87. The minimum Gasteiger partial charge on any atom is -0.357 e. The minimum atomic E-state index is 0. The second-order valence-electron chi connectivity index (χ2n) is 7.25. The number of aliphatic imine (C=N–C) groups is 1. The number of thiazole rings is 1. The van der Waals surface area contributed by atoms with E-state index in [0.717, 1.165) is 37.0 Å². The van der Waals surface area contributed by atoms with Crippen LogP contribution in [0.5, 0.6) is 0 Å². The first-order valence-electron chi connectivity index (χ1n) is 9.46. The molecule has 1 aliphatic heterocycles. The zero-order valence-corrected chi connectivity index (χ0v) is 20.0. The van der Waals surface area contributed by atoms with E-state index in [0.29, 0.717) is 18.4 Å². The molecule has 1 aliphatic rings. The van der Waals surface area contributed by atoms with Crippen LogP contribution in [0, 0.1) is 6.92 Å². The lowest BCUT2D eigenvalue weighted by molar-refractivity contribution is 0.486. The summed E-state index contributed by atoms with van der Waals surface area (Å²) >= 11 is 1.77. The number of nitrogens with one attached hydrogen (secondary N) is 1. The van der Waals surface area contributed by atoms with Crippen LogP contribution < -0.4 is 5.32 Å². The Hall–Kier alpha value is -1.16. The summed E-state index contributed by atoms with van der Waals surface area (Å²) in [7, 11) is 1.98. The molecule has 0 aromatic carbocycles. The maximum absolute atomic E-state index is 4.87. The van der Waals surface area contributed by atoms with Gasteiger partial charge in [0.15, 0.2) is 5.96 Å². The molecular formula is C19H31IN6S. The van der Waals surface area contributed by atoms with Crippen LogP contribution >= 0.6 is 35.3 Å². The third kappa shape index (κ3) is 5.43. The highest BCUT2D eigenvalue weighted by Gasteiger charge is 2.27. The van der Waals surface area contributed by atoms with Crippen molar-refractivity contribution >= 4 is 41.3 Å². The summed E-state index contributed by atoms with van der Waals surface area (Å²) in [6.07, 6.45) is 5.26. The van der Waals surface area contributed by atoms with Crippen molar-refractivity contribution in [3.05, 3.63) is 33.5 Å². The average molecular weight is 502 g/mol. The fourth-order valence-corrected chi connectivity index (χ4v) is 4.52. The highest BCUT2D eigenvalue weighted by Crippen LogP contribution is 2.27. The van der Waals surface area contributed by atoms with E-state index < -0.39 is 0 Å². The average Bonchev–Trinajstić information content (AvgIpc) is 3.31. The van der Waals surface area contributed by atoms with Crippen LogP contribution in [0.1, 0.15) is 60.2 Å². The molecule has 6 nitrogen and oxygen atoms in total. The normalized spacial score (nSPS) is 17.5. The van der Waals surface area contributed by atoms with Gasteiger partial charge >= 0.3 is 0 Å². The molecule has 2 aromatic heterocycles. The highest BCUT2D eigenvalue weighted by atomic mass is 127. The molecule has 0 amide bonds. The van der Waals surface area contributed by atoms with E-state index in [1.165, 1.54) is 16.1 Å². The van der Waals surface area contributed by atoms with Crippen molar-refractivity contribution in [3.8, 4) is 0 Å². The van der Waals surface area contributed by atoms with Gasteiger partial charge in [-0.05, 0) is 31.7 Å². The zero-order chi connectivity index (χ0) is 18.7. The van der Waals surface area contributed by atoms with Gasteiger partial charge in [-0.1, -0.05) is 13.8 Å². The second-order valence-corrected chi connectivity index (χ2v) is 8.54. The van der Waals surface area contributed by atoms with Gasteiger partial charge in [0.2, 0.25) is 0 Å². The van der Waals surface area contributed by atoms with E-state index in [-0.39, 0.29) is 24.0 Å². The summed E-state index contributed by atoms with van der Waals surface area (Å²) in [6, 6.07) is 0. The lowest BCUT2D eigenvalue weighted by atomic mass is 10.0. The SMILES string of the molecule is CCNC(=NCc1nc(C(C)C)c(C)s1)N1CCC(c2cnn(C)c2)C1.I. The number of halogens is 1. The lowest BCUT2D eigenvalue weighted by Crippen LogP contribution is -2.40. The quantitative estimate of drug-likeness (QED) is 0.383. The summed E-state index contributed by atoms with van der Waals surface area (Å²) in [5.74, 6) is 2.00. The number of nitrogens with zero attached hydrogens (tertiary/aromatic N) is 5. The summed E-state index contributed by atoms with van der Waals surface area (Å²) in [4.78, 5) is 13.3. The third-order valence-electron chi connectivity index (χ3n) is 4.81. The van der Waals surface area contributed by atoms with Crippen LogP contribution in [0.3, 0.4) is 0 Å². The second kappa shape index (κ2) is 9.86. The maximum Gasteiger partial charge on any atom is 0.194 e. The van der Waals surface area contributed by atoms with Crippen molar-refractivity contribution < 1.29 is 0 Å². The Bertz CT molecular complexity index is 766. The number of aromatic nitrogens is 3. The molecule has 3 heterocycles. The van der Waals surface area contributed by atoms with E-state index in [9.17, 15) is 0 Å². The molecule has 2 aromatic rings. The number of hydrogen-bond acceptors (Lipinski definition) is 4. The fourth-order valence-electron chi connectivity index (χ4n) is 3.51. The van der Waals surface area contributed by atoms with E-state index >= 15 is 0 Å². The predicted octanol–water partition coefficient (Wildman–Crippen LogP) is 3.88.